The molecule has 0 saturated heterocycles. The average molecular weight is 290 g/mol. The van der Waals surface area contributed by atoms with Gasteiger partial charge in [0.2, 0.25) is 0 Å². The molecule has 0 aromatic heterocycles. The molecule has 0 aliphatic rings. The van der Waals surface area contributed by atoms with Gasteiger partial charge in [-0.2, -0.15) is 0 Å². The Hall–Kier alpha value is -1.46. The van der Waals surface area contributed by atoms with Crippen LogP contribution in [0.4, 0.5) is 4.39 Å². The molecule has 20 heavy (non-hydrogen) atoms. The highest BCUT2D eigenvalue weighted by molar-refractivity contribution is 6.10. The minimum absolute atomic E-state index is 0.788. The van der Waals surface area contributed by atoms with Crippen molar-refractivity contribution >= 4 is 17.7 Å². The van der Waals surface area contributed by atoms with E-state index in [2.05, 4.69) is 0 Å². The van der Waals surface area contributed by atoms with Crippen LogP contribution in [0.5, 0.6) is 0 Å². The van der Waals surface area contributed by atoms with Crippen LogP contribution in [-0.2, 0) is 23.9 Å². The van der Waals surface area contributed by atoms with E-state index in [9.17, 15) is 18.8 Å². The van der Waals surface area contributed by atoms with Crippen molar-refractivity contribution in [3.63, 3.8) is 0 Å². The summed E-state index contributed by atoms with van der Waals surface area (Å²) in [6.07, 6.45) is -2.49. The van der Waals surface area contributed by atoms with Gasteiger partial charge in [0.25, 0.3) is 6.17 Å². The standard InChI is InChI=1S/C14H23FO5/c1-8(11(17)19-13(2,3)4)10(16)9(15)12(18)20-14(5,6)7/h8-9H,1-7H3. The molecule has 0 heterocycles. The summed E-state index contributed by atoms with van der Waals surface area (Å²) in [7, 11) is 0. The zero-order valence-electron chi connectivity index (χ0n) is 13.1. The highest BCUT2D eigenvalue weighted by atomic mass is 19.1. The quantitative estimate of drug-likeness (QED) is 0.586. The molecule has 0 N–H and O–H groups in total. The number of carbonyl (C=O) groups is 3. The highest BCUT2D eigenvalue weighted by Crippen LogP contribution is 2.16. The average Bonchev–Trinajstić information content (AvgIpc) is 2.21. The number of hydrogen-bond donors (Lipinski definition) is 0. The molecule has 6 heteroatoms. The summed E-state index contributed by atoms with van der Waals surface area (Å²) in [6, 6.07) is 0. The van der Waals surface area contributed by atoms with Crippen molar-refractivity contribution in [3.8, 4) is 0 Å². The first kappa shape index (κ1) is 18.5. The predicted molar refractivity (Wildman–Crippen MR) is 70.8 cm³/mol. The van der Waals surface area contributed by atoms with E-state index in [1.165, 1.54) is 6.92 Å². The van der Waals surface area contributed by atoms with E-state index in [1.54, 1.807) is 41.5 Å². The van der Waals surface area contributed by atoms with Gasteiger partial charge in [-0.05, 0) is 48.5 Å². The fraction of sp³-hybridized carbons (Fsp3) is 0.786. The molecule has 0 bridgehead atoms. The van der Waals surface area contributed by atoms with Gasteiger partial charge in [-0.15, -0.1) is 0 Å². The van der Waals surface area contributed by atoms with Crippen LogP contribution in [0.1, 0.15) is 48.5 Å². The predicted octanol–water partition coefficient (Wildman–Crippen LogP) is 2.21. The molecule has 0 rings (SSSR count). The molecule has 0 aliphatic carbocycles. The van der Waals surface area contributed by atoms with Gasteiger partial charge in [0.1, 0.15) is 17.1 Å². The largest absolute Gasteiger partial charge is 0.459 e. The maximum absolute atomic E-state index is 13.7. The van der Waals surface area contributed by atoms with Crippen LogP contribution in [0.15, 0.2) is 0 Å². The summed E-state index contributed by atoms with van der Waals surface area (Å²) in [4.78, 5) is 34.8. The van der Waals surface area contributed by atoms with Crippen molar-refractivity contribution < 1.29 is 28.2 Å². The smallest absolute Gasteiger partial charge is 0.349 e. The molecule has 0 saturated carbocycles. The van der Waals surface area contributed by atoms with Crippen molar-refractivity contribution in [1.82, 2.24) is 0 Å². The number of hydrogen-bond acceptors (Lipinski definition) is 5. The number of carbonyl (C=O) groups excluding carboxylic acids is 3. The summed E-state index contributed by atoms with van der Waals surface area (Å²) >= 11 is 0. The molecule has 0 amide bonds. The van der Waals surface area contributed by atoms with Gasteiger partial charge in [-0.25, -0.2) is 9.18 Å². The van der Waals surface area contributed by atoms with Gasteiger partial charge in [0, 0.05) is 0 Å². The lowest BCUT2D eigenvalue weighted by Gasteiger charge is -2.23. The van der Waals surface area contributed by atoms with E-state index in [1.807, 2.05) is 0 Å². The van der Waals surface area contributed by atoms with Gasteiger partial charge in [-0.1, -0.05) is 0 Å². The van der Waals surface area contributed by atoms with E-state index in [4.69, 9.17) is 9.47 Å². The number of Topliss-reactive ketones (excluding diaryl/α,β-unsaturated/α-hetero) is 1. The Morgan fingerprint density at radius 1 is 0.850 bits per heavy atom. The molecule has 0 radical (unpaired) electrons. The first-order valence-corrected chi connectivity index (χ1v) is 6.38. The number of ether oxygens (including phenoxy) is 2. The Morgan fingerprint density at radius 2 is 1.20 bits per heavy atom. The van der Waals surface area contributed by atoms with Crippen molar-refractivity contribution in [1.29, 1.82) is 0 Å². The van der Waals surface area contributed by atoms with E-state index in [-0.39, 0.29) is 0 Å². The molecule has 0 fully saturated rings. The SMILES string of the molecule is CC(C(=O)OC(C)(C)C)C(=O)C(F)C(=O)OC(C)(C)C. The Balaban J connectivity index is 4.73. The third-order valence-electron chi connectivity index (χ3n) is 2.05. The van der Waals surface area contributed by atoms with E-state index >= 15 is 0 Å². The molecule has 0 aromatic rings. The Labute approximate surface area is 118 Å². The second kappa shape index (κ2) is 6.33. The lowest BCUT2D eigenvalue weighted by Crippen LogP contribution is -2.40. The lowest BCUT2D eigenvalue weighted by atomic mass is 10.0. The number of rotatable bonds is 4. The number of alkyl halides is 1. The van der Waals surface area contributed by atoms with Crippen molar-refractivity contribution in [2.45, 2.75) is 65.8 Å². The van der Waals surface area contributed by atoms with Gasteiger partial charge >= 0.3 is 11.9 Å². The van der Waals surface area contributed by atoms with Crippen molar-refractivity contribution in [3.05, 3.63) is 0 Å². The number of halogens is 1. The Kier molecular flexibility index (Phi) is 5.86. The van der Waals surface area contributed by atoms with Crippen molar-refractivity contribution in [2.75, 3.05) is 0 Å². The zero-order valence-corrected chi connectivity index (χ0v) is 13.1. The molecule has 2 atom stereocenters. The first-order chi connectivity index (χ1) is 8.74. The van der Waals surface area contributed by atoms with Crippen LogP contribution in [-0.4, -0.2) is 35.1 Å². The molecular weight excluding hydrogens is 267 g/mol. The second-order valence-corrected chi connectivity index (χ2v) is 6.55. The van der Waals surface area contributed by atoms with Gasteiger partial charge in [0.05, 0.1) is 0 Å². The maximum Gasteiger partial charge on any atom is 0.349 e. The van der Waals surface area contributed by atoms with E-state index < -0.39 is 41.0 Å². The third-order valence-corrected chi connectivity index (χ3v) is 2.05. The maximum atomic E-state index is 13.7. The topological polar surface area (TPSA) is 69.7 Å². The van der Waals surface area contributed by atoms with Crippen LogP contribution in [0.25, 0.3) is 0 Å². The van der Waals surface area contributed by atoms with Crippen LogP contribution >= 0.6 is 0 Å². The minimum Gasteiger partial charge on any atom is -0.459 e. The summed E-state index contributed by atoms with van der Waals surface area (Å²) in [5.41, 5.74) is -1.69. The molecule has 0 spiro atoms. The first-order valence-electron chi connectivity index (χ1n) is 6.38. The number of esters is 2. The molecule has 2 unspecified atom stereocenters. The highest BCUT2D eigenvalue weighted by Gasteiger charge is 2.38. The van der Waals surface area contributed by atoms with Crippen LogP contribution in [0.2, 0.25) is 0 Å². The fourth-order valence-corrected chi connectivity index (χ4v) is 1.20. The normalized spacial score (nSPS) is 15.2. The number of ketones is 1. The van der Waals surface area contributed by atoms with Crippen LogP contribution in [0, 0.1) is 5.92 Å². The Morgan fingerprint density at radius 3 is 1.55 bits per heavy atom. The molecule has 0 aliphatic heterocycles. The van der Waals surface area contributed by atoms with E-state index in [0.29, 0.717) is 0 Å². The van der Waals surface area contributed by atoms with E-state index in [0.717, 1.165) is 0 Å². The molecular formula is C14H23FO5. The third kappa shape index (κ3) is 6.63. The summed E-state index contributed by atoms with van der Waals surface area (Å²) in [5.74, 6) is -4.68. The Bertz CT molecular complexity index is 353. The van der Waals surface area contributed by atoms with Crippen LogP contribution < -0.4 is 0 Å². The summed E-state index contributed by atoms with van der Waals surface area (Å²) < 4.78 is 23.5. The molecule has 116 valence electrons. The van der Waals surface area contributed by atoms with Crippen LogP contribution in [0.3, 0.4) is 0 Å². The van der Waals surface area contributed by atoms with Gasteiger partial charge in [0.15, 0.2) is 5.78 Å². The lowest BCUT2D eigenvalue weighted by molar-refractivity contribution is -0.167. The second-order valence-electron chi connectivity index (χ2n) is 6.55. The minimum atomic E-state index is -2.49. The van der Waals surface area contributed by atoms with Gasteiger partial charge in [-0.3, -0.25) is 9.59 Å². The van der Waals surface area contributed by atoms with Crippen molar-refractivity contribution in [2.24, 2.45) is 5.92 Å². The monoisotopic (exact) mass is 290 g/mol. The zero-order chi connectivity index (χ0) is 16.3. The summed E-state index contributed by atoms with van der Waals surface area (Å²) in [5, 5.41) is 0. The summed E-state index contributed by atoms with van der Waals surface area (Å²) in [6.45, 7) is 10.8. The van der Waals surface area contributed by atoms with Gasteiger partial charge < -0.3 is 9.47 Å². The fourth-order valence-electron chi connectivity index (χ4n) is 1.20. The molecule has 5 nitrogen and oxygen atoms in total. The molecule has 0 aromatic carbocycles.